The zero-order valence-corrected chi connectivity index (χ0v) is 24.3. The first-order chi connectivity index (χ1) is 15.3. The molecule has 0 radical (unpaired) electrons. The first-order valence-electron chi connectivity index (χ1n) is 13.8. The van der Waals surface area contributed by atoms with Gasteiger partial charge in [-0.2, -0.15) is 0 Å². The second-order valence-electron chi connectivity index (χ2n) is 14.5. The molecule has 4 saturated carbocycles. The van der Waals surface area contributed by atoms with Crippen molar-refractivity contribution in [2.45, 2.75) is 112 Å². The minimum atomic E-state index is -0.167. The number of hydrogen-bond acceptors (Lipinski definition) is 2. The average molecular weight is 567 g/mol. The van der Waals surface area contributed by atoms with Crippen molar-refractivity contribution in [2.75, 3.05) is 0 Å². The van der Waals surface area contributed by atoms with Gasteiger partial charge in [-0.3, -0.25) is 4.79 Å². The fourth-order valence-corrected chi connectivity index (χ4v) is 11.7. The molecule has 3 heteroatoms. The van der Waals surface area contributed by atoms with Crippen LogP contribution in [0, 0.1) is 56.7 Å². The lowest BCUT2D eigenvalue weighted by molar-refractivity contribution is -0.203. The topological polar surface area (TPSA) is 37.3 Å². The van der Waals surface area contributed by atoms with Crippen LogP contribution in [0.3, 0.4) is 0 Å². The Morgan fingerprint density at radius 3 is 2.30 bits per heavy atom. The molecular weight excluding hydrogens is 519 g/mol. The number of aliphatic hydroxyl groups excluding tert-OH is 1. The Kier molecular flexibility index (Phi) is 5.67. The maximum atomic E-state index is 13.2. The second-order valence-corrected chi connectivity index (χ2v) is 15.4. The summed E-state index contributed by atoms with van der Waals surface area (Å²) in [5.74, 6) is 2.97. The number of rotatable bonds is 1. The van der Waals surface area contributed by atoms with E-state index in [4.69, 9.17) is 0 Å². The van der Waals surface area contributed by atoms with E-state index in [1.165, 1.54) is 32.1 Å². The third kappa shape index (κ3) is 2.96. The molecule has 0 aromatic carbocycles. The van der Waals surface area contributed by atoms with E-state index in [1.54, 1.807) is 5.57 Å². The maximum absolute atomic E-state index is 13.2. The van der Waals surface area contributed by atoms with E-state index in [1.807, 2.05) is 0 Å². The van der Waals surface area contributed by atoms with Crippen LogP contribution in [0.2, 0.25) is 0 Å². The van der Waals surface area contributed by atoms with Crippen LogP contribution in [0.15, 0.2) is 11.6 Å². The van der Waals surface area contributed by atoms with E-state index in [0.717, 1.165) is 25.7 Å². The van der Waals surface area contributed by atoms with Gasteiger partial charge in [0.05, 0.1) is 6.10 Å². The molecule has 0 bridgehead atoms. The molecule has 0 spiro atoms. The van der Waals surface area contributed by atoms with Gasteiger partial charge < -0.3 is 5.11 Å². The highest BCUT2D eigenvalue weighted by molar-refractivity contribution is 14.1. The maximum Gasteiger partial charge on any atom is 0.199 e. The summed E-state index contributed by atoms with van der Waals surface area (Å²) in [5.41, 5.74) is 2.31. The quantitative estimate of drug-likeness (QED) is 0.199. The third-order valence-electron chi connectivity index (χ3n) is 13.4. The molecular formula is C30H47IO2. The van der Waals surface area contributed by atoms with E-state index >= 15 is 0 Å². The zero-order valence-electron chi connectivity index (χ0n) is 22.1. The summed E-state index contributed by atoms with van der Waals surface area (Å²) in [6, 6.07) is 0. The lowest BCUT2D eigenvalue weighted by atomic mass is 9.33. The summed E-state index contributed by atoms with van der Waals surface area (Å²) in [6.07, 6.45) is 12.8. The SMILES string of the molecule is C[C@H]1[C@H](C)CC[C@]2(C(=O)I)CC[C@]3(C)C(=CC[C@@H]4[C@@]5(C)CC[C@H](O)C(C)(C)[C@@H]5CC[C@]43C)[C@H]12. The van der Waals surface area contributed by atoms with Gasteiger partial charge in [0.2, 0.25) is 0 Å². The molecule has 2 nitrogen and oxygen atoms in total. The Hall–Kier alpha value is 0.1000. The molecule has 0 heterocycles. The first-order valence-corrected chi connectivity index (χ1v) is 14.9. The normalized spacial score (nSPS) is 55.4. The van der Waals surface area contributed by atoms with Gasteiger partial charge in [-0.1, -0.05) is 60.1 Å². The average Bonchev–Trinajstić information content (AvgIpc) is 2.74. The zero-order chi connectivity index (χ0) is 24.2. The fourth-order valence-electron chi connectivity index (χ4n) is 10.8. The largest absolute Gasteiger partial charge is 0.393 e. The molecule has 33 heavy (non-hydrogen) atoms. The van der Waals surface area contributed by atoms with Crippen LogP contribution in [-0.4, -0.2) is 15.0 Å². The van der Waals surface area contributed by atoms with Crippen LogP contribution < -0.4 is 0 Å². The van der Waals surface area contributed by atoms with Crippen molar-refractivity contribution in [3.63, 3.8) is 0 Å². The third-order valence-corrected chi connectivity index (χ3v) is 14.4. The second kappa shape index (κ2) is 7.56. The van der Waals surface area contributed by atoms with Crippen LogP contribution >= 0.6 is 22.6 Å². The number of aliphatic hydroxyl groups is 1. The molecule has 0 unspecified atom stereocenters. The van der Waals surface area contributed by atoms with Gasteiger partial charge >= 0.3 is 0 Å². The van der Waals surface area contributed by atoms with Crippen LogP contribution in [0.25, 0.3) is 0 Å². The number of allylic oxidation sites excluding steroid dienone is 2. The Morgan fingerprint density at radius 2 is 1.64 bits per heavy atom. The van der Waals surface area contributed by atoms with Gasteiger partial charge in [0, 0.05) is 28.0 Å². The van der Waals surface area contributed by atoms with E-state index in [-0.39, 0.29) is 27.8 Å². The first kappa shape index (κ1) is 24.8. The Bertz CT molecular complexity index is 877. The Morgan fingerprint density at radius 1 is 0.939 bits per heavy atom. The molecule has 0 aliphatic heterocycles. The van der Waals surface area contributed by atoms with Gasteiger partial charge in [-0.25, -0.2) is 0 Å². The molecule has 5 rings (SSSR count). The smallest absolute Gasteiger partial charge is 0.199 e. The molecule has 5 aliphatic carbocycles. The molecule has 1 N–H and O–H groups in total. The van der Waals surface area contributed by atoms with E-state index in [0.29, 0.717) is 38.8 Å². The monoisotopic (exact) mass is 566 g/mol. The number of hydrogen-bond donors (Lipinski definition) is 1. The molecule has 186 valence electrons. The summed E-state index contributed by atoms with van der Waals surface area (Å²) >= 11 is 2.16. The Labute approximate surface area is 216 Å². The standard InChI is InChI=1S/C30H47IO2/c1-18-10-15-30(25(31)33)17-16-28(6)20(24(30)19(18)2)8-9-22-27(5)13-12-23(32)26(3,4)21(27)11-14-29(22,28)7/h8,18-19,21-24,32H,9-17H2,1-7H3/t18-,19+,21+,22-,23+,24+,27+,28-,29-,30+/m1/s1. The predicted octanol–water partition coefficient (Wildman–Crippen LogP) is 7.97. The van der Waals surface area contributed by atoms with Crippen LogP contribution in [-0.2, 0) is 4.79 Å². The highest BCUT2D eigenvalue weighted by Crippen LogP contribution is 2.75. The number of carbonyl (C=O) groups is 1. The summed E-state index contributed by atoms with van der Waals surface area (Å²) in [7, 11) is 0. The molecule has 0 amide bonds. The van der Waals surface area contributed by atoms with Crippen LogP contribution in [0.5, 0.6) is 0 Å². The van der Waals surface area contributed by atoms with Crippen molar-refractivity contribution in [3.05, 3.63) is 11.6 Å². The van der Waals surface area contributed by atoms with Gasteiger partial charge in [0.1, 0.15) is 0 Å². The van der Waals surface area contributed by atoms with Crippen molar-refractivity contribution < 1.29 is 9.90 Å². The lowest BCUT2D eigenvalue weighted by Crippen LogP contribution is -2.65. The summed E-state index contributed by atoms with van der Waals surface area (Å²) in [5, 5.41) is 10.9. The van der Waals surface area contributed by atoms with E-state index in [9.17, 15) is 9.90 Å². The number of carbonyl (C=O) groups excluding carboxylic acids is 1. The van der Waals surface area contributed by atoms with Gasteiger partial charge in [-0.15, -0.1) is 0 Å². The highest BCUT2D eigenvalue weighted by Gasteiger charge is 2.69. The molecule has 10 atom stereocenters. The molecule has 4 fully saturated rings. The lowest BCUT2D eigenvalue weighted by Gasteiger charge is -2.71. The summed E-state index contributed by atoms with van der Waals surface area (Å²) in [6.45, 7) is 17.4. The summed E-state index contributed by atoms with van der Waals surface area (Å²) < 4.78 is 0.428. The number of halogens is 1. The molecule has 0 saturated heterocycles. The minimum Gasteiger partial charge on any atom is -0.393 e. The molecule has 0 aromatic heterocycles. The van der Waals surface area contributed by atoms with Gasteiger partial charge in [0.15, 0.2) is 3.79 Å². The van der Waals surface area contributed by atoms with E-state index < -0.39 is 0 Å². The van der Waals surface area contributed by atoms with Crippen LogP contribution in [0.1, 0.15) is 106 Å². The van der Waals surface area contributed by atoms with Crippen molar-refractivity contribution in [1.82, 2.24) is 0 Å². The predicted molar refractivity (Wildman–Crippen MR) is 144 cm³/mol. The highest BCUT2D eigenvalue weighted by atomic mass is 127. The fraction of sp³-hybridized carbons (Fsp3) is 0.900. The molecule has 0 aromatic rings. The van der Waals surface area contributed by atoms with Crippen molar-refractivity contribution in [3.8, 4) is 0 Å². The van der Waals surface area contributed by atoms with Crippen molar-refractivity contribution in [1.29, 1.82) is 0 Å². The van der Waals surface area contributed by atoms with Crippen LogP contribution in [0.4, 0.5) is 0 Å². The molecule has 5 aliphatic rings. The summed E-state index contributed by atoms with van der Waals surface area (Å²) in [4.78, 5) is 13.2. The minimum absolute atomic E-state index is 0.00188. The van der Waals surface area contributed by atoms with E-state index in [2.05, 4.69) is 77.1 Å². The van der Waals surface area contributed by atoms with Gasteiger partial charge in [-0.05, 0) is 109 Å². The van der Waals surface area contributed by atoms with Gasteiger partial charge in [0.25, 0.3) is 0 Å². The number of fused-ring (bicyclic) bond motifs is 7. The Balaban J connectivity index is 1.61. The van der Waals surface area contributed by atoms with Crippen molar-refractivity contribution in [2.24, 2.45) is 56.7 Å². The van der Waals surface area contributed by atoms with Crippen molar-refractivity contribution >= 4 is 26.4 Å².